The van der Waals surface area contributed by atoms with Crippen LogP contribution in [0.15, 0.2) is 53.4 Å². The van der Waals surface area contributed by atoms with E-state index in [1.807, 2.05) is 0 Å². The predicted molar refractivity (Wildman–Crippen MR) is 109 cm³/mol. The number of morpholine rings is 1. The first kappa shape index (κ1) is 21.1. The molecule has 3 N–H and O–H groups in total. The van der Waals surface area contributed by atoms with Gasteiger partial charge in [-0.15, -0.1) is 0 Å². The second-order valence-corrected chi connectivity index (χ2v) is 8.38. The lowest BCUT2D eigenvalue weighted by atomic mass is 10.2. The lowest BCUT2D eigenvalue weighted by Gasteiger charge is -2.23. The van der Waals surface area contributed by atoms with Gasteiger partial charge in [0.25, 0.3) is 15.9 Å². The summed E-state index contributed by atoms with van der Waals surface area (Å²) in [7, 11) is -2.32. The molecule has 29 heavy (non-hydrogen) atoms. The molecular formula is C20H26N3O5S+. The molecule has 0 spiro atoms. The van der Waals surface area contributed by atoms with Crippen LogP contribution in [0.2, 0.25) is 0 Å². The fourth-order valence-electron chi connectivity index (χ4n) is 3.08. The van der Waals surface area contributed by atoms with E-state index in [2.05, 4.69) is 10.0 Å². The van der Waals surface area contributed by atoms with Crippen LogP contribution in [0.25, 0.3) is 0 Å². The molecule has 1 heterocycles. The van der Waals surface area contributed by atoms with Crippen LogP contribution >= 0.6 is 0 Å². The molecule has 0 unspecified atom stereocenters. The number of ether oxygens (including phenoxy) is 2. The fourth-order valence-corrected chi connectivity index (χ4v) is 4.15. The number of sulfonamides is 1. The Morgan fingerprint density at radius 2 is 1.79 bits per heavy atom. The highest BCUT2D eigenvalue weighted by atomic mass is 32.2. The molecule has 0 atom stereocenters. The van der Waals surface area contributed by atoms with Crippen molar-refractivity contribution in [3.8, 4) is 5.75 Å². The second kappa shape index (κ2) is 9.73. The van der Waals surface area contributed by atoms with Crippen LogP contribution in [0.1, 0.15) is 10.4 Å². The molecule has 0 aliphatic carbocycles. The van der Waals surface area contributed by atoms with E-state index in [0.29, 0.717) is 23.5 Å². The van der Waals surface area contributed by atoms with Crippen molar-refractivity contribution in [3.05, 3.63) is 54.1 Å². The summed E-state index contributed by atoms with van der Waals surface area (Å²) >= 11 is 0. The highest BCUT2D eigenvalue weighted by molar-refractivity contribution is 7.92. The number of hydrogen-bond acceptors (Lipinski definition) is 5. The smallest absolute Gasteiger partial charge is 0.262 e. The number of carbonyl (C=O) groups excluding carboxylic acids is 1. The largest absolute Gasteiger partial charge is 0.495 e. The first-order chi connectivity index (χ1) is 14.0. The second-order valence-electron chi connectivity index (χ2n) is 6.70. The van der Waals surface area contributed by atoms with Gasteiger partial charge in [0.1, 0.15) is 18.8 Å². The number of methoxy groups -OCH3 is 1. The minimum atomic E-state index is -3.80. The molecule has 0 aromatic heterocycles. The summed E-state index contributed by atoms with van der Waals surface area (Å²) in [5.74, 6) is 0.203. The van der Waals surface area contributed by atoms with Crippen LogP contribution in [0.3, 0.4) is 0 Å². The van der Waals surface area contributed by atoms with E-state index in [4.69, 9.17) is 9.47 Å². The van der Waals surface area contributed by atoms with Gasteiger partial charge in [0.05, 0.1) is 44.0 Å². The highest BCUT2D eigenvalue weighted by Crippen LogP contribution is 2.26. The van der Waals surface area contributed by atoms with E-state index < -0.39 is 10.0 Å². The van der Waals surface area contributed by atoms with Crippen molar-refractivity contribution in [2.75, 3.05) is 51.2 Å². The Bertz CT molecular complexity index is 925. The molecule has 2 aromatic rings. The van der Waals surface area contributed by atoms with Crippen LogP contribution in [0.4, 0.5) is 5.69 Å². The van der Waals surface area contributed by atoms with Crippen molar-refractivity contribution >= 4 is 21.6 Å². The standard InChI is InChI=1S/C20H25N3O5S/c1-27-19-5-3-2-4-18(19)22-29(25,26)17-8-6-16(7-9-17)20(24)21-10-11-23-12-14-28-15-13-23/h2-9,22H,10-15H2,1H3,(H,21,24)/p+1. The molecule has 1 saturated heterocycles. The van der Waals surface area contributed by atoms with Gasteiger partial charge in [-0.25, -0.2) is 8.42 Å². The number of anilines is 1. The van der Waals surface area contributed by atoms with E-state index >= 15 is 0 Å². The molecule has 156 valence electrons. The SMILES string of the molecule is COc1ccccc1NS(=O)(=O)c1ccc(C(=O)NCC[NH+]2CCOCC2)cc1. The van der Waals surface area contributed by atoms with Gasteiger partial charge in [-0.05, 0) is 36.4 Å². The molecule has 0 saturated carbocycles. The Labute approximate surface area is 170 Å². The third-order valence-corrected chi connectivity index (χ3v) is 6.12. The van der Waals surface area contributed by atoms with Gasteiger partial charge in [-0.1, -0.05) is 12.1 Å². The van der Waals surface area contributed by atoms with Crippen LogP contribution in [0, 0.1) is 0 Å². The number of para-hydroxylation sites is 2. The zero-order valence-corrected chi connectivity index (χ0v) is 17.1. The average Bonchev–Trinajstić information content (AvgIpc) is 2.74. The molecule has 0 bridgehead atoms. The molecule has 8 nitrogen and oxygen atoms in total. The minimum absolute atomic E-state index is 0.0673. The van der Waals surface area contributed by atoms with E-state index in [9.17, 15) is 13.2 Å². The molecule has 9 heteroatoms. The van der Waals surface area contributed by atoms with Crippen molar-refractivity contribution in [3.63, 3.8) is 0 Å². The van der Waals surface area contributed by atoms with E-state index in [1.165, 1.54) is 36.3 Å². The maximum atomic E-state index is 12.6. The molecule has 3 rings (SSSR count). The van der Waals surface area contributed by atoms with E-state index in [0.717, 1.165) is 32.8 Å². The number of hydrogen-bond donors (Lipinski definition) is 3. The molecule has 1 aliphatic rings. The summed E-state index contributed by atoms with van der Waals surface area (Å²) < 4.78 is 38.2. The number of rotatable bonds is 8. The molecule has 2 aromatic carbocycles. The van der Waals surface area contributed by atoms with Crippen molar-refractivity contribution < 1.29 is 27.6 Å². The lowest BCUT2D eigenvalue weighted by molar-refractivity contribution is -0.906. The van der Waals surface area contributed by atoms with Gasteiger partial charge in [-0.2, -0.15) is 0 Å². The van der Waals surface area contributed by atoms with Crippen molar-refractivity contribution in [1.82, 2.24) is 5.32 Å². The van der Waals surface area contributed by atoms with Gasteiger partial charge < -0.3 is 19.7 Å². The zero-order valence-electron chi connectivity index (χ0n) is 16.3. The van der Waals surface area contributed by atoms with Gasteiger partial charge in [0.15, 0.2) is 0 Å². The molecular weight excluding hydrogens is 394 g/mol. The molecule has 1 amide bonds. The Morgan fingerprint density at radius 3 is 2.48 bits per heavy atom. The van der Waals surface area contributed by atoms with Gasteiger partial charge in [0.2, 0.25) is 0 Å². The van der Waals surface area contributed by atoms with Crippen LogP contribution in [-0.2, 0) is 14.8 Å². The summed E-state index contributed by atoms with van der Waals surface area (Å²) in [5.41, 5.74) is 0.764. The monoisotopic (exact) mass is 420 g/mol. The Balaban J connectivity index is 1.58. The maximum absolute atomic E-state index is 12.6. The van der Waals surface area contributed by atoms with E-state index in [1.54, 1.807) is 24.3 Å². The number of quaternary nitrogens is 1. The van der Waals surface area contributed by atoms with Crippen molar-refractivity contribution in [2.24, 2.45) is 0 Å². The summed E-state index contributed by atoms with van der Waals surface area (Å²) in [6, 6.07) is 12.6. The zero-order chi connectivity index (χ0) is 20.7. The van der Waals surface area contributed by atoms with Gasteiger partial charge in [0, 0.05) is 5.56 Å². The fraction of sp³-hybridized carbons (Fsp3) is 0.350. The number of nitrogens with one attached hydrogen (secondary N) is 3. The Kier molecular flexibility index (Phi) is 7.08. The Morgan fingerprint density at radius 1 is 1.10 bits per heavy atom. The first-order valence-corrected chi connectivity index (χ1v) is 10.9. The predicted octanol–water partition coefficient (Wildman–Crippen LogP) is 0.141. The lowest BCUT2D eigenvalue weighted by Crippen LogP contribution is -3.14. The summed E-state index contributed by atoms with van der Waals surface area (Å²) in [4.78, 5) is 13.8. The molecule has 0 radical (unpaired) electrons. The van der Waals surface area contributed by atoms with Crippen LogP contribution < -0.4 is 19.7 Å². The highest BCUT2D eigenvalue weighted by Gasteiger charge is 2.18. The van der Waals surface area contributed by atoms with Crippen molar-refractivity contribution in [1.29, 1.82) is 0 Å². The summed E-state index contributed by atoms with van der Waals surface area (Å²) in [5, 5.41) is 2.88. The summed E-state index contributed by atoms with van der Waals surface area (Å²) in [6.07, 6.45) is 0. The third kappa shape index (κ3) is 5.69. The van der Waals surface area contributed by atoms with Crippen LogP contribution in [-0.4, -0.2) is 60.8 Å². The Hall–Kier alpha value is -2.62. The van der Waals surface area contributed by atoms with E-state index in [-0.39, 0.29) is 10.8 Å². The molecule has 1 fully saturated rings. The first-order valence-electron chi connectivity index (χ1n) is 9.45. The molecule has 1 aliphatic heterocycles. The van der Waals surface area contributed by atoms with Gasteiger partial charge >= 0.3 is 0 Å². The number of benzene rings is 2. The van der Waals surface area contributed by atoms with Gasteiger partial charge in [-0.3, -0.25) is 9.52 Å². The van der Waals surface area contributed by atoms with Crippen LogP contribution in [0.5, 0.6) is 5.75 Å². The topological polar surface area (TPSA) is 98.2 Å². The number of carbonyl (C=O) groups is 1. The normalized spacial score (nSPS) is 14.9. The maximum Gasteiger partial charge on any atom is 0.262 e. The quantitative estimate of drug-likeness (QED) is 0.564. The van der Waals surface area contributed by atoms with Crippen molar-refractivity contribution in [2.45, 2.75) is 4.90 Å². The average molecular weight is 421 g/mol. The third-order valence-electron chi connectivity index (χ3n) is 4.74. The minimum Gasteiger partial charge on any atom is -0.495 e. The number of amides is 1. The summed E-state index contributed by atoms with van der Waals surface area (Å²) in [6.45, 7) is 4.79.